The number of amides is 1. The lowest BCUT2D eigenvalue weighted by molar-refractivity contribution is 0.0945. The van der Waals surface area contributed by atoms with Gasteiger partial charge in [0.15, 0.2) is 0 Å². The molecule has 0 fully saturated rings. The first-order chi connectivity index (χ1) is 9.69. The maximum absolute atomic E-state index is 11.8. The molecule has 0 saturated heterocycles. The number of aromatic nitrogens is 2. The van der Waals surface area contributed by atoms with Crippen molar-refractivity contribution in [1.29, 1.82) is 0 Å². The molecular formula is C15H16N4O. The van der Waals surface area contributed by atoms with Crippen molar-refractivity contribution in [2.24, 2.45) is 12.8 Å². The second-order valence-electron chi connectivity index (χ2n) is 4.26. The lowest BCUT2D eigenvalue weighted by Crippen LogP contribution is -2.23. The number of nitrogens with one attached hydrogen (secondary N) is 1. The molecule has 5 heteroatoms. The van der Waals surface area contributed by atoms with Crippen molar-refractivity contribution in [3.8, 4) is 11.8 Å². The number of hydrogen-bond acceptors (Lipinski definition) is 3. The molecule has 0 radical (unpaired) electrons. The lowest BCUT2D eigenvalue weighted by Gasteiger charge is -2.03. The quantitative estimate of drug-likeness (QED) is 0.803. The SMILES string of the molecule is Cn1ccc(C(=O)NCc2ccc(C#CCN)cc2)n1. The first-order valence-electron chi connectivity index (χ1n) is 6.25. The molecule has 3 N–H and O–H groups in total. The average molecular weight is 268 g/mol. The Bertz CT molecular complexity index is 647. The summed E-state index contributed by atoms with van der Waals surface area (Å²) in [7, 11) is 1.78. The zero-order valence-electron chi connectivity index (χ0n) is 11.3. The average Bonchev–Trinajstić information content (AvgIpc) is 2.90. The lowest BCUT2D eigenvalue weighted by atomic mass is 10.1. The highest BCUT2D eigenvalue weighted by molar-refractivity contribution is 5.92. The highest BCUT2D eigenvalue weighted by atomic mass is 16.1. The van der Waals surface area contributed by atoms with Gasteiger partial charge in [0.25, 0.3) is 5.91 Å². The minimum absolute atomic E-state index is 0.183. The van der Waals surface area contributed by atoms with Gasteiger partial charge in [-0.3, -0.25) is 9.48 Å². The number of nitrogens with two attached hydrogens (primary N) is 1. The third-order valence-corrected chi connectivity index (χ3v) is 2.69. The molecule has 5 nitrogen and oxygen atoms in total. The van der Waals surface area contributed by atoms with Crippen LogP contribution >= 0.6 is 0 Å². The molecule has 2 aromatic rings. The van der Waals surface area contributed by atoms with Gasteiger partial charge in [-0.05, 0) is 23.8 Å². The van der Waals surface area contributed by atoms with Gasteiger partial charge in [0.1, 0.15) is 5.69 Å². The van der Waals surface area contributed by atoms with Crippen LogP contribution in [0.25, 0.3) is 0 Å². The summed E-state index contributed by atoms with van der Waals surface area (Å²) >= 11 is 0. The standard InChI is InChI=1S/C15H16N4O/c1-19-10-8-14(18-19)15(20)17-11-13-6-4-12(5-7-13)3-2-9-16/h4-8,10H,9,11,16H2,1H3,(H,17,20). The Morgan fingerprint density at radius 1 is 1.35 bits per heavy atom. The number of carbonyl (C=O) groups is 1. The van der Waals surface area contributed by atoms with Crippen molar-refractivity contribution in [2.45, 2.75) is 6.54 Å². The number of aryl methyl sites for hydroxylation is 1. The zero-order valence-corrected chi connectivity index (χ0v) is 11.3. The maximum atomic E-state index is 11.8. The molecular weight excluding hydrogens is 252 g/mol. The Morgan fingerprint density at radius 3 is 2.70 bits per heavy atom. The third kappa shape index (κ3) is 3.70. The van der Waals surface area contributed by atoms with Gasteiger partial charge in [-0.1, -0.05) is 24.0 Å². The van der Waals surface area contributed by atoms with Crippen LogP contribution in [0.2, 0.25) is 0 Å². The normalized spacial score (nSPS) is 9.70. The Kier molecular flexibility index (Phi) is 4.53. The van der Waals surface area contributed by atoms with Crippen LogP contribution in [0.5, 0.6) is 0 Å². The number of rotatable bonds is 3. The van der Waals surface area contributed by atoms with Crippen molar-refractivity contribution in [1.82, 2.24) is 15.1 Å². The molecule has 1 heterocycles. The maximum Gasteiger partial charge on any atom is 0.272 e. The van der Waals surface area contributed by atoms with E-state index < -0.39 is 0 Å². The molecule has 102 valence electrons. The highest BCUT2D eigenvalue weighted by Crippen LogP contribution is 2.03. The van der Waals surface area contributed by atoms with Crippen LogP contribution in [0.1, 0.15) is 21.6 Å². The second-order valence-corrected chi connectivity index (χ2v) is 4.26. The van der Waals surface area contributed by atoms with E-state index in [2.05, 4.69) is 22.3 Å². The van der Waals surface area contributed by atoms with Crippen molar-refractivity contribution in [3.05, 3.63) is 53.3 Å². The van der Waals surface area contributed by atoms with Crippen LogP contribution in [0.4, 0.5) is 0 Å². The molecule has 0 aliphatic carbocycles. The molecule has 0 aliphatic rings. The summed E-state index contributed by atoms with van der Waals surface area (Å²) in [5.74, 6) is 5.56. The van der Waals surface area contributed by atoms with E-state index in [0.717, 1.165) is 11.1 Å². The monoisotopic (exact) mass is 268 g/mol. The van der Waals surface area contributed by atoms with Gasteiger partial charge in [-0.2, -0.15) is 5.10 Å². The van der Waals surface area contributed by atoms with Gasteiger partial charge in [0.05, 0.1) is 6.54 Å². The molecule has 0 aliphatic heterocycles. The fourth-order valence-electron chi connectivity index (χ4n) is 1.67. The van der Waals surface area contributed by atoms with Crippen molar-refractivity contribution >= 4 is 5.91 Å². The third-order valence-electron chi connectivity index (χ3n) is 2.69. The van der Waals surface area contributed by atoms with Crippen LogP contribution in [-0.2, 0) is 13.6 Å². The van der Waals surface area contributed by atoms with Gasteiger partial charge in [0, 0.05) is 25.4 Å². The van der Waals surface area contributed by atoms with E-state index in [1.807, 2.05) is 24.3 Å². The van der Waals surface area contributed by atoms with Crippen molar-refractivity contribution in [3.63, 3.8) is 0 Å². The Morgan fingerprint density at radius 2 is 2.10 bits per heavy atom. The van der Waals surface area contributed by atoms with E-state index in [-0.39, 0.29) is 5.91 Å². The summed E-state index contributed by atoms with van der Waals surface area (Å²) in [6.45, 7) is 0.807. The Hall–Kier alpha value is -2.58. The molecule has 0 saturated carbocycles. The number of benzene rings is 1. The predicted octanol–water partition coefficient (Wildman–Crippen LogP) is 0.660. The minimum Gasteiger partial charge on any atom is -0.347 e. The summed E-state index contributed by atoms with van der Waals surface area (Å²) in [5, 5.41) is 6.87. The molecule has 1 aromatic heterocycles. The smallest absolute Gasteiger partial charge is 0.272 e. The molecule has 20 heavy (non-hydrogen) atoms. The van der Waals surface area contributed by atoms with Gasteiger partial charge in [0.2, 0.25) is 0 Å². The topological polar surface area (TPSA) is 72.9 Å². The van der Waals surface area contributed by atoms with Gasteiger partial charge >= 0.3 is 0 Å². The summed E-state index contributed by atoms with van der Waals surface area (Å²) in [6, 6.07) is 9.36. The number of carbonyl (C=O) groups excluding carboxylic acids is 1. The van der Waals surface area contributed by atoms with Crippen molar-refractivity contribution in [2.75, 3.05) is 6.54 Å². The highest BCUT2D eigenvalue weighted by Gasteiger charge is 2.07. The fraction of sp³-hybridized carbons (Fsp3) is 0.200. The molecule has 1 amide bonds. The molecule has 0 atom stereocenters. The summed E-state index contributed by atoms with van der Waals surface area (Å²) in [4.78, 5) is 11.8. The Labute approximate surface area is 117 Å². The first kappa shape index (κ1) is 13.8. The van der Waals surface area contributed by atoms with Crippen LogP contribution in [0.3, 0.4) is 0 Å². The summed E-state index contributed by atoms with van der Waals surface area (Å²) in [5.41, 5.74) is 7.65. The van der Waals surface area contributed by atoms with E-state index in [1.54, 1.807) is 24.0 Å². The van der Waals surface area contributed by atoms with Crippen LogP contribution in [0.15, 0.2) is 36.5 Å². The zero-order chi connectivity index (χ0) is 14.4. The summed E-state index contributed by atoms with van der Waals surface area (Å²) in [6.07, 6.45) is 1.74. The molecule has 1 aromatic carbocycles. The summed E-state index contributed by atoms with van der Waals surface area (Å²) < 4.78 is 1.60. The van der Waals surface area contributed by atoms with Gasteiger partial charge in [-0.25, -0.2) is 0 Å². The number of nitrogens with zero attached hydrogens (tertiary/aromatic N) is 2. The van der Waals surface area contributed by atoms with Crippen LogP contribution in [0, 0.1) is 11.8 Å². The van der Waals surface area contributed by atoms with Crippen LogP contribution < -0.4 is 11.1 Å². The van der Waals surface area contributed by atoms with Crippen molar-refractivity contribution < 1.29 is 4.79 Å². The minimum atomic E-state index is -0.183. The molecule has 0 bridgehead atoms. The Balaban J connectivity index is 1.92. The van der Waals surface area contributed by atoms with Crippen LogP contribution in [-0.4, -0.2) is 22.2 Å². The molecule has 0 unspecified atom stereocenters. The predicted molar refractivity (Wildman–Crippen MR) is 76.8 cm³/mol. The first-order valence-corrected chi connectivity index (χ1v) is 6.25. The fourth-order valence-corrected chi connectivity index (χ4v) is 1.67. The largest absolute Gasteiger partial charge is 0.347 e. The van der Waals surface area contributed by atoms with Gasteiger partial charge < -0.3 is 11.1 Å². The van der Waals surface area contributed by atoms with E-state index in [1.165, 1.54) is 0 Å². The van der Waals surface area contributed by atoms with E-state index in [0.29, 0.717) is 18.8 Å². The van der Waals surface area contributed by atoms with Gasteiger partial charge in [-0.15, -0.1) is 0 Å². The molecule has 2 rings (SSSR count). The number of hydrogen-bond donors (Lipinski definition) is 2. The van der Waals surface area contributed by atoms with E-state index in [9.17, 15) is 4.79 Å². The molecule has 0 spiro atoms. The second kappa shape index (κ2) is 6.55. The van der Waals surface area contributed by atoms with E-state index >= 15 is 0 Å². The van der Waals surface area contributed by atoms with E-state index in [4.69, 9.17) is 5.73 Å².